The average Bonchev–Trinajstić information content (AvgIpc) is 2.21. The summed E-state index contributed by atoms with van der Waals surface area (Å²) >= 11 is 0. The number of aliphatic hydroxyl groups is 1. The molecule has 0 radical (unpaired) electrons. The van der Waals surface area contributed by atoms with Gasteiger partial charge in [-0.1, -0.05) is 31.6 Å². The Balaban J connectivity index is 3.06. The van der Waals surface area contributed by atoms with Crippen molar-refractivity contribution in [3.05, 3.63) is 0 Å². The van der Waals surface area contributed by atoms with Crippen LogP contribution in [-0.4, -0.2) is 17.0 Å². The number of carbonyl (C=O) groups excluding carboxylic acids is 1. The van der Waals surface area contributed by atoms with Crippen LogP contribution in [0.3, 0.4) is 0 Å². The van der Waals surface area contributed by atoms with E-state index in [1.54, 1.807) is 6.92 Å². The summed E-state index contributed by atoms with van der Waals surface area (Å²) in [7, 11) is 0. The van der Waals surface area contributed by atoms with Crippen molar-refractivity contribution in [1.29, 1.82) is 0 Å². The second-order valence-corrected chi connectivity index (χ2v) is 4.04. The summed E-state index contributed by atoms with van der Waals surface area (Å²) in [6.07, 6.45) is 12.5. The zero-order valence-electron chi connectivity index (χ0n) is 9.67. The molecule has 0 aromatic carbocycles. The SMILES string of the molecule is C#CC(O)CCCCCCCCC(C)=O. The summed E-state index contributed by atoms with van der Waals surface area (Å²) in [6, 6.07) is 0. The Hall–Kier alpha value is -0.810. The van der Waals surface area contributed by atoms with Crippen LogP contribution < -0.4 is 0 Å². The fraction of sp³-hybridized carbons (Fsp3) is 0.769. The molecule has 0 saturated carbocycles. The van der Waals surface area contributed by atoms with E-state index in [0.717, 1.165) is 32.1 Å². The molecule has 0 aromatic heterocycles. The maximum Gasteiger partial charge on any atom is 0.129 e. The first kappa shape index (κ1) is 14.2. The summed E-state index contributed by atoms with van der Waals surface area (Å²) < 4.78 is 0. The molecule has 0 spiro atoms. The van der Waals surface area contributed by atoms with E-state index in [1.165, 1.54) is 12.8 Å². The first-order chi connectivity index (χ1) is 7.16. The number of unbranched alkanes of at least 4 members (excludes halogenated alkanes) is 5. The number of carbonyl (C=O) groups is 1. The van der Waals surface area contributed by atoms with E-state index in [9.17, 15) is 4.79 Å². The van der Waals surface area contributed by atoms with Gasteiger partial charge in [-0.15, -0.1) is 6.42 Å². The third-order valence-corrected chi connectivity index (χ3v) is 2.45. The van der Waals surface area contributed by atoms with Crippen molar-refractivity contribution in [2.45, 2.75) is 64.4 Å². The van der Waals surface area contributed by atoms with E-state index in [2.05, 4.69) is 5.92 Å². The highest BCUT2D eigenvalue weighted by atomic mass is 16.3. The summed E-state index contributed by atoms with van der Waals surface area (Å²) in [6.45, 7) is 1.64. The van der Waals surface area contributed by atoms with Gasteiger partial charge >= 0.3 is 0 Å². The standard InChI is InChI=1S/C13H22O2/c1-3-13(15)11-9-7-5-4-6-8-10-12(2)14/h1,13,15H,4-11H2,2H3. The molecule has 0 aliphatic heterocycles. The van der Waals surface area contributed by atoms with Crippen LogP contribution in [0.15, 0.2) is 0 Å². The molecule has 0 fully saturated rings. The van der Waals surface area contributed by atoms with E-state index < -0.39 is 6.10 Å². The quantitative estimate of drug-likeness (QED) is 0.469. The van der Waals surface area contributed by atoms with Gasteiger partial charge in [0.1, 0.15) is 11.9 Å². The van der Waals surface area contributed by atoms with Crippen molar-refractivity contribution < 1.29 is 9.90 Å². The Bertz CT molecular complexity index is 203. The summed E-state index contributed by atoms with van der Waals surface area (Å²) in [5, 5.41) is 9.09. The molecule has 0 aliphatic carbocycles. The number of hydrogen-bond acceptors (Lipinski definition) is 2. The predicted molar refractivity (Wildman–Crippen MR) is 62.5 cm³/mol. The normalized spacial score (nSPS) is 12.1. The predicted octanol–water partition coefficient (Wildman–Crippen LogP) is 2.69. The average molecular weight is 210 g/mol. The zero-order valence-corrected chi connectivity index (χ0v) is 9.67. The smallest absolute Gasteiger partial charge is 0.129 e. The van der Waals surface area contributed by atoms with Crippen LogP contribution in [0.1, 0.15) is 58.3 Å². The minimum absolute atomic E-state index is 0.284. The maximum absolute atomic E-state index is 10.6. The van der Waals surface area contributed by atoms with Crippen molar-refractivity contribution in [2.24, 2.45) is 0 Å². The van der Waals surface area contributed by atoms with Gasteiger partial charge in [0, 0.05) is 6.42 Å². The lowest BCUT2D eigenvalue weighted by Gasteiger charge is -2.03. The molecule has 1 N–H and O–H groups in total. The van der Waals surface area contributed by atoms with Gasteiger partial charge in [-0.05, 0) is 26.2 Å². The molecule has 1 unspecified atom stereocenters. The Morgan fingerprint density at radius 2 is 1.73 bits per heavy atom. The van der Waals surface area contributed by atoms with Gasteiger partial charge in [0.25, 0.3) is 0 Å². The zero-order chi connectivity index (χ0) is 11.5. The van der Waals surface area contributed by atoms with E-state index >= 15 is 0 Å². The molecule has 0 aliphatic rings. The van der Waals surface area contributed by atoms with E-state index in [0.29, 0.717) is 6.42 Å². The highest BCUT2D eigenvalue weighted by Crippen LogP contribution is 2.09. The Morgan fingerprint density at radius 3 is 2.27 bits per heavy atom. The molecule has 0 bridgehead atoms. The van der Waals surface area contributed by atoms with Crippen LogP contribution in [0.25, 0.3) is 0 Å². The largest absolute Gasteiger partial charge is 0.380 e. The molecule has 2 nitrogen and oxygen atoms in total. The molecule has 0 aromatic rings. The van der Waals surface area contributed by atoms with Crippen molar-refractivity contribution in [1.82, 2.24) is 0 Å². The minimum Gasteiger partial charge on any atom is -0.380 e. The lowest BCUT2D eigenvalue weighted by atomic mass is 10.1. The molecular formula is C13H22O2. The lowest BCUT2D eigenvalue weighted by molar-refractivity contribution is -0.117. The third kappa shape index (κ3) is 11.1. The number of aliphatic hydroxyl groups excluding tert-OH is 1. The van der Waals surface area contributed by atoms with Gasteiger partial charge in [-0.25, -0.2) is 0 Å². The van der Waals surface area contributed by atoms with Crippen LogP contribution in [0, 0.1) is 12.3 Å². The fourth-order valence-corrected chi connectivity index (χ4v) is 1.50. The van der Waals surface area contributed by atoms with Gasteiger partial charge in [-0.2, -0.15) is 0 Å². The number of hydrogen-bond donors (Lipinski definition) is 1. The number of ketones is 1. The first-order valence-electron chi connectivity index (χ1n) is 5.80. The summed E-state index contributed by atoms with van der Waals surface area (Å²) in [4.78, 5) is 10.6. The van der Waals surface area contributed by atoms with Crippen LogP contribution in [0.5, 0.6) is 0 Å². The number of terminal acetylenes is 1. The molecule has 86 valence electrons. The van der Waals surface area contributed by atoms with E-state index in [-0.39, 0.29) is 5.78 Å². The van der Waals surface area contributed by atoms with Crippen molar-refractivity contribution in [3.8, 4) is 12.3 Å². The Labute approximate surface area is 93.1 Å². The van der Waals surface area contributed by atoms with Gasteiger partial charge in [-0.3, -0.25) is 0 Å². The van der Waals surface area contributed by atoms with Gasteiger partial charge in [0.15, 0.2) is 0 Å². The lowest BCUT2D eigenvalue weighted by Crippen LogP contribution is -2.01. The summed E-state index contributed by atoms with van der Waals surface area (Å²) in [5.41, 5.74) is 0. The molecule has 15 heavy (non-hydrogen) atoms. The third-order valence-electron chi connectivity index (χ3n) is 2.45. The van der Waals surface area contributed by atoms with Crippen LogP contribution in [-0.2, 0) is 4.79 Å². The van der Waals surface area contributed by atoms with Crippen molar-refractivity contribution >= 4 is 5.78 Å². The first-order valence-corrected chi connectivity index (χ1v) is 5.80. The second kappa shape index (κ2) is 9.73. The topological polar surface area (TPSA) is 37.3 Å². The second-order valence-electron chi connectivity index (χ2n) is 4.04. The number of rotatable bonds is 9. The van der Waals surface area contributed by atoms with Gasteiger partial charge in [0.05, 0.1) is 0 Å². The monoisotopic (exact) mass is 210 g/mol. The maximum atomic E-state index is 10.6. The molecule has 0 saturated heterocycles. The van der Waals surface area contributed by atoms with Gasteiger partial charge < -0.3 is 9.90 Å². The van der Waals surface area contributed by atoms with E-state index in [1.807, 2.05) is 0 Å². The van der Waals surface area contributed by atoms with Crippen LogP contribution >= 0.6 is 0 Å². The van der Waals surface area contributed by atoms with E-state index in [4.69, 9.17) is 11.5 Å². The fourth-order valence-electron chi connectivity index (χ4n) is 1.50. The Morgan fingerprint density at radius 1 is 1.20 bits per heavy atom. The molecule has 0 heterocycles. The van der Waals surface area contributed by atoms with Crippen LogP contribution in [0.4, 0.5) is 0 Å². The Kier molecular flexibility index (Phi) is 9.21. The minimum atomic E-state index is -0.567. The highest BCUT2D eigenvalue weighted by Gasteiger charge is 1.98. The molecule has 2 heteroatoms. The highest BCUT2D eigenvalue weighted by molar-refractivity contribution is 5.75. The summed E-state index contributed by atoms with van der Waals surface area (Å²) in [5.74, 6) is 2.59. The van der Waals surface area contributed by atoms with Crippen molar-refractivity contribution in [2.75, 3.05) is 0 Å². The van der Waals surface area contributed by atoms with Crippen molar-refractivity contribution in [3.63, 3.8) is 0 Å². The van der Waals surface area contributed by atoms with Crippen LogP contribution in [0.2, 0.25) is 0 Å². The molecule has 1 atom stereocenters. The van der Waals surface area contributed by atoms with Gasteiger partial charge in [0.2, 0.25) is 0 Å². The molecule has 0 rings (SSSR count). The molecule has 0 amide bonds. The number of Topliss-reactive ketones (excluding diaryl/α,β-unsaturated/α-hetero) is 1. The molecular weight excluding hydrogens is 188 g/mol.